The lowest BCUT2D eigenvalue weighted by Gasteiger charge is -2.36. The molecule has 0 saturated carbocycles. The molecule has 1 amide bonds. The number of aromatic nitrogens is 1. The first-order chi connectivity index (χ1) is 14.8. The van der Waals surface area contributed by atoms with E-state index in [9.17, 15) is 9.18 Å². The van der Waals surface area contributed by atoms with Gasteiger partial charge in [-0.3, -0.25) is 4.79 Å². The van der Waals surface area contributed by atoms with E-state index in [-0.39, 0.29) is 30.3 Å². The molecule has 0 radical (unpaired) electrons. The van der Waals surface area contributed by atoms with Crippen LogP contribution >= 0.6 is 11.6 Å². The molecule has 2 aromatic rings. The number of carbonyl (C=O) groups excluding carboxylic acids is 1. The summed E-state index contributed by atoms with van der Waals surface area (Å²) in [7, 11) is 1.80. The van der Waals surface area contributed by atoms with Gasteiger partial charge in [0, 0.05) is 57.7 Å². The molecule has 0 unspecified atom stereocenters. The molecule has 3 rings (SSSR count). The van der Waals surface area contributed by atoms with Crippen molar-refractivity contribution < 1.29 is 18.3 Å². The molecular weight excluding hydrogens is 426 g/mol. The second-order valence-corrected chi connectivity index (χ2v) is 8.07. The van der Waals surface area contributed by atoms with Crippen molar-refractivity contribution in [2.24, 2.45) is 0 Å². The molecule has 168 valence electrons. The van der Waals surface area contributed by atoms with Crippen LogP contribution in [0.4, 0.5) is 14.6 Å². The molecule has 1 aliphatic rings. The highest BCUT2D eigenvalue weighted by Crippen LogP contribution is 2.27. The van der Waals surface area contributed by atoms with Gasteiger partial charge < -0.3 is 20.3 Å². The van der Waals surface area contributed by atoms with Crippen LogP contribution in [0.3, 0.4) is 0 Å². The molecule has 0 atom stereocenters. The fourth-order valence-electron chi connectivity index (χ4n) is 3.48. The number of ether oxygens (including phenoxy) is 1. The van der Waals surface area contributed by atoms with Gasteiger partial charge in [0.05, 0.1) is 5.02 Å². The Balaban J connectivity index is 1.40. The van der Waals surface area contributed by atoms with Gasteiger partial charge >= 0.3 is 0 Å². The molecule has 1 aromatic heterocycles. The molecule has 1 fully saturated rings. The Morgan fingerprint density at radius 1 is 1.29 bits per heavy atom. The molecule has 0 spiro atoms. The van der Waals surface area contributed by atoms with Crippen molar-refractivity contribution in [1.82, 2.24) is 15.2 Å². The van der Waals surface area contributed by atoms with Crippen molar-refractivity contribution in [2.45, 2.75) is 25.4 Å². The molecule has 6 nitrogen and oxygen atoms in total. The van der Waals surface area contributed by atoms with Crippen LogP contribution in [0.25, 0.3) is 0 Å². The van der Waals surface area contributed by atoms with E-state index in [0.29, 0.717) is 37.7 Å². The summed E-state index contributed by atoms with van der Waals surface area (Å²) in [6.45, 7) is 3.58. The van der Waals surface area contributed by atoms with Gasteiger partial charge in [-0.2, -0.15) is 4.98 Å². The van der Waals surface area contributed by atoms with Crippen LogP contribution in [0.15, 0.2) is 30.3 Å². The minimum Gasteiger partial charge on any atom is -0.476 e. The van der Waals surface area contributed by atoms with Crippen LogP contribution in [0.1, 0.15) is 28.8 Å². The van der Waals surface area contributed by atoms with Crippen LogP contribution in [-0.2, 0) is 0 Å². The molecule has 1 aliphatic heterocycles. The highest BCUT2D eigenvalue weighted by molar-refractivity contribution is 6.31. The number of benzene rings is 1. The Bertz CT molecular complexity index is 920. The maximum absolute atomic E-state index is 15.1. The summed E-state index contributed by atoms with van der Waals surface area (Å²) in [4.78, 5) is 18.5. The molecular formula is C22H27ClF2N4O2. The summed E-state index contributed by atoms with van der Waals surface area (Å²) in [6.07, 6.45) is 0.457. The summed E-state index contributed by atoms with van der Waals surface area (Å²) in [5, 5.41) is 5.99. The SMILES string of the molecule is CNc1nc(OCCNCC2(F)CCN(C(=O)c3ccc(F)c(Cl)c3)CC2)ccc1C. The third-order valence-corrected chi connectivity index (χ3v) is 5.68. The van der Waals surface area contributed by atoms with Gasteiger partial charge in [0.1, 0.15) is 23.9 Å². The predicted octanol–water partition coefficient (Wildman–Crippen LogP) is 3.84. The lowest BCUT2D eigenvalue weighted by atomic mass is 9.93. The lowest BCUT2D eigenvalue weighted by molar-refractivity contribution is 0.0433. The van der Waals surface area contributed by atoms with Crippen molar-refractivity contribution in [3.05, 3.63) is 52.3 Å². The molecule has 1 saturated heterocycles. The average Bonchev–Trinajstić information content (AvgIpc) is 2.76. The summed E-state index contributed by atoms with van der Waals surface area (Å²) in [6, 6.07) is 7.59. The quantitative estimate of drug-likeness (QED) is 0.596. The van der Waals surface area contributed by atoms with Crippen LogP contribution in [0.2, 0.25) is 5.02 Å². The standard InChI is InChI=1S/C22H27ClF2N4O2/c1-15-3-6-19(28-20(15)26-2)31-12-9-27-14-22(25)7-10-29(11-8-22)21(30)16-4-5-18(24)17(23)13-16/h3-6,13,27H,7-12,14H2,1-2H3,(H,26,28). The zero-order valence-corrected chi connectivity index (χ0v) is 18.4. The molecule has 1 aromatic carbocycles. The Morgan fingerprint density at radius 3 is 2.71 bits per heavy atom. The number of anilines is 1. The van der Waals surface area contributed by atoms with Gasteiger partial charge in [0.2, 0.25) is 5.88 Å². The van der Waals surface area contributed by atoms with Crippen LogP contribution in [0, 0.1) is 12.7 Å². The zero-order valence-electron chi connectivity index (χ0n) is 17.7. The number of nitrogens with one attached hydrogen (secondary N) is 2. The number of amides is 1. The number of hydrogen-bond donors (Lipinski definition) is 2. The van der Waals surface area contributed by atoms with Gasteiger partial charge in [0.25, 0.3) is 5.91 Å². The Kier molecular flexibility index (Phi) is 7.67. The van der Waals surface area contributed by atoms with Crippen molar-refractivity contribution in [1.29, 1.82) is 0 Å². The number of halogens is 3. The number of hydrogen-bond acceptors (Lipinski definition) is 5. The number of carbonyl (C=O) groups is 1. The van der Waals surface area contributed by atoms with Gasteiger partial charge in [-0.25, -0.2) is 8.78 Å². The minimum absolute atomic E-state index is 0.0999. The topological polar surface area (TPSA) is 66.5 Å². The number of aryl methyl sites for hydroxylation is 1. The maximum atomic E-state index is 15.1. The molecule has 2 N–H and O–H groups in total. The van der Waals surface area contributed by atoms with Crippen molar-refractivity contribution in [2.75, 3.05) is 45.2 Å². The highest BCUT2D eigenvalue weighted by Gasteiger charge is 2.35. The van der Waals surface area contributed by atoms with Crippen LogP contribution < -0.4 is 15.4 Å². The normalized spacial score (nSPS) is 15.6. The van der Waals surface area contributed by atoms with E-state index in [1.807, 2.05) is 13.0 Å². The van der Waals surface area contributed by atoms with E-state index in [4.69, 9.17) is 16.3 Å². The van der Waals surface area contributed by atoms with Crippen molar-refractivity contribution >= 4 is 23.3 Å². The number of rotatable bonds is 8. The summed E-state index contributed by atoms with van der Waals surface area (Å²) < 4.78 is 34.0. The largest absolute Gasteiger partial charge is 0.476 e. The van der Waals surface area contributed by atoms with Gasteiger partial charge in [0.15, 0.2) is 0 Å². The number of alkyl halides is 1. The summed E-state index contributed by atoms with van der Waals surface area (Å²) in [5.74, 6) is 0.434. The number of likely N-dealkylation sites (tertiary alicyclic amines) is 1. The van der Waals surface area contributed by atoms with Crippen molar-refractivity contribution in [3.63, 3.8) is 0 Å². The van der Waals surface area contributed by atoms with Crippen LogP contribution in [0.5, 0.6) is 5.88 Å². The first-order valence-corrected chi connectivity index (χ1v) is 10.6. The second kappa shape index (κ2) is 10.2. The smallest absolute Gasteiger partial charge is 0.253 e. The van der Waals surface area contributed by atoms with Gasteiger partial charge in [-0.1, -0.05) is 17.7 Å². The van der Waals surface area contributed by atoms with E-state index < -0.39 is 11.5 Å². The molecule has 2 heterocycles. The second-order valence-electron chi connectivity index (χ2n) is 7.66. The van der Waals surface area contributed by atoms with Gasteiger partial charge in [-0.15, -0.1) is 0 Å². The summed E-state index contributed by atoms with van der Waals surface area (Å²) >= 11 is 5.75. The van der Waals surface area contributed by atoms with E-state index >= 15 is 4.39 Å². The van der Waals surface area contributed by atoms with E-state index in [2.05, 4.69) is 15.6 Å². The van der Waals surface area contributed by atoms with Crippen LogP contribution in [-0.4, -0.2) is 61.3 Å². The minimum atomic E-state index is -1.39. The molecule has 31 heavy (non-hydrogen) atoms. The van der Waals surface area contributed by atoms with Gasteiger partial charge in [-0.05, 0) is 30.7 Å². The first-order valence-electron chi connectivity index (χ1n) is 10.2. The number of piperidine rings is 1. The third kappa shape index (κ3) is 6.04. The third-order valence-electron chi connectivity index (χ3n) is 5.39. The molecule has 0 bridgehead atoms. The first kappa shape index (κ1) is 23.2. The monoisotopic (exact) mass is 452 g/mol. The molecule has 0 aliphatic carbocycles. The van der Waals surface area contributed by atoms with Crippen molar-refractivity contribution in [3.8, 4) is 5.88 Å². The van der Waals surface area contributed by atoms with E-state index in [1.54, 1.807) is 18.0 Å². The fraction of sp³-hybridized carbons (Fsp3) is 0.455. The predicted molar refractivity (Wildman–Crippen MR) is 117 cm³/mol. The summed E-state index contributed by atoms with van der Waals surface area (Å²) in [5.41, 5.74) is -0.0580. The van der Waals surface area contributed by atoms with E-state index in [0.717, 1.165) is 17.4 Å². The Morgan fingerprint density at radius 2 is 2.03 bits per heavy atom. The lowest BCUT2D eigenvalue weighted by Crippen LogP contribution is -2.49. The average molecular weight is 453 g/mol. The Labute approximate surface area is 185 Å². The zero-order chi connectivity index (χ0) is 22.4. The Hall–Kier alpha value is -2.45. The highest BCUT2D eigenvalue weighted by atomic mass is 35.5. The maximum Gasteiger partial charge on any atom is 0.253 e. The van der Waals surface area contributed by atoms with E-state index in [1.165, 1.54) is 12.1 Å². The molecule has 9 heteroatoms. The fourth-order valence-corrected chi connectivity index (χ4v) is 3.66. The number of nitrogens with zero attached hydrogens (tertiary/aromatic N) is 2. The number of pyridine rings is 1.